The minimum absolute atomic E-state index is 0.0492. The first-order valence-corrected chi connectivity index (χ1v) is 6.38. The van der Waals surface area contributed by atoms with Gasteiger partial charge in [-0.1, -0.05) is 31.7 Å². The van der Waals surface area contributed by atoms with Crippen molar-refractivity contribution in [2.24, 2.45) is 0 Å². The molecule has 1 aromatic carbocycles. The molecule has 3 heteroatoms. The largest absolute Gasteiger partial charge is 0.490 e. The van der Waals surface area contributed by atoms with E-state index in [1.165, 1.54) is 6.08 Å². The van der Waals surface area contributed by atoms with E-state index in [1.54, 1.807) is 12.2 Å². The Morgan fingerprint density at radius 1 is 1.37 bits per heavy atom. The summed E-state index contributed by atoms with van der Waals surface area (Å²) in [5, 5.41) is 0. The summed E-state index contributed by atoms with van der Waals surface area (Å²) in [5.74, 6) is 0.459. The van der Waals surface area contributed by atoms with Crippen LogP contribution in [0.1, 0.15) is 25.8 Å². The van der Waals surface area contributed by atoms with Crippen molar-refractivity contribution in [1.82, 2.24) is 0 Å². The van der Waals surface area contributed by atoms with Gasteiger partial charge >= 0.3 is 5.97 Å². The maximum absolute atomic E-state index is 11.4. The fourth-order valence-corrected chi connectivity index (χ4v) is 1.32. The van der Waals surface area contributed by atoms with Crippen LogP contribution in [0, 0.1) is 0 Å². The molecule has 0 fully saturated rings. The lowest BCUT2D eigenvalue weighted by Gasteiger charge is -2.07. The molecule has 0 spiro atoms. The molecule has 1 atom stereocenters. The highest BCUT2D eigenvalue weighted by molar-refractivity contribution is 5.87. The Morgan fingerprint density at radius 2 is 2.05 bits per heavy atom. The molecule has 3 nitrogen and oxygen atoms in total. The SMILES string of the molecule is C=CCOc1ccc(/C=C/C(=O)OC(C)CC)cc1. The average Bonchev–Trinajstić information content (AvgIpc) is 2.43. The van der Waals surface area contributed by atoms with E-state index in [0.29, 0.717) is 6.61 Å². The Labute approximate surface area is 114 Å². The number of carbonyl (C=O) groups is 1. The summed E-state index contributed by atoms with van der Waals surface area (Å²) < 4.78 is 10.5. The second-order valence-electron chi connectivity index (χ2n) is 4.16. The van der Waals surface area contributed by atoms with Crippen LogP contribution in [0.2, 0.25) is 0 Å². The van der Waals surface area contributed by atoms with Crippen molar-refractivity contribution in [3.05, 3.63) is 48.6 Å². The van der Waals surface area contributed by atoms with Gasteiger partial charge in [-0.3, -0.25) is 0 Å². The Morgan fingerprint density at radius 3 is 2.63 bits per heavy atom. The smallest absolute Gasteiger partial charge is 0.331 e. The van der Waals surface area contributed by atoms with E-state index in [4.69, 9.17) is 9.47 Å². The summed E-state index contributed by atoms with van der Waals surface area (Å²) in [5.41, 5.74) is 0.923. The number of hydrogen-bond acceptors (Lipinski definition) is 3. The average molecular weight is 260 g/mol. The fraction of sp³-hybridized carbons (Fsp3) is 0.312. The molecule has 0 aromatic heterocycles. The van der Waals surface area contributed by atoms with Crippen molar-refractivity contribution in [3.63, 3.8) is 0 Å². The molecule has 0 heterocycles. The summed E-state index contributed by atoms with van der Waals surface area (Å²) in [6.45, 7) is 7.92. The first kappa shape index (κ1) is 15.0. The maximum atomic E-state index is 11.4. The third-order valence-corrected chi connectivity index (χ3v) is 2.55. The van der Waals surface area contributed by atoms with Gasteiger partial charge in [0.25, 0.3) is 0 Å². The van der Waals surface area contributed by atoms with Crippen LogP contribution in [0.4, 0.5) is 0 Å². The molecule has 0 saturated carbocycles. The number of rotatable bonds is 7. The van der Waals surface area contributed by atoms with Gasteiger partial charge in [-0.25, -0.2) is 4.79 Å². The van der Waals surface area contributed by atoms with Gasteiger partial charge < -0.3 is 9.47 Å². The Kier molecular flexibility index (Phi) is 6.44. The highest BCUT2D eigenvalue weighted by atomic mass is 16.5. The molecule has 0 amide bonds. The van der Waals surface area contributed by atoms with Gasteiger partial charge in [-0.15, -0.1) is 0 Å². The quantitative estimate of drug-likeness (QED) is 0.427. The predicted octanol–water partition coefficient (Wildman–Crippen LogP) is 3.61. The van der Waals surface area contributed by atoms with E-state index in [9.17, 15) is 4.79 Å². The zero-order valence-electron chi connectivity index (χ0n) is 11.5. The van der Waals surface area contributed by atoms with Crippen molar-refractivity contribution in [3.8, 4) is 5.75 Å². The van der Waals surface area contributed by atoms with E-state index >= 15 is 0 Å². The topological polar surface area (TPSA) is 35.5 Å². The molecule has 0 aliphatic rings. The van der Waals surface area contributed by atoms with Crippen LogP contribution in [0.25, 0.3) is 6.08 Å². The molecular weight excluding hydrogens is 240 g/mol. The molecule has 1 unspecified atom stereocenters. The predicted molar refractivity (Wildman–Crippen MR) is 77.0 cm³/mol. The summed E-state index contributed by atoms with van der Waals surface area (Å²) in [7, 11) is 0. The van der Waals surface area contributed by atoms with Gasteiger partial charge in [0.05, 0.1) is 6.10 Å². The van der Waals surface area contributed by atoms with Crippen LogP contribution >= 0.6 is 0 Å². The number of esters is 1. The zero-order valence-corrected chi connectivity index (χ0v) is 11.5. The highest BCUT2D eigenvalue weighted by Crippen LogP contribution is 2.13. The summed E-state index contributed by atoms with van der Waals surface area (Å²) in [4.78, 5) is 11.4. The summed E-state index contributed by atoms with van der Waals surface area (Å²) in [6, 6.07) is 7.46. The Bertz CT molecular complexity index is 432. The van der Waals surface area contributed by atoms with Crippen molar-refractivity contribution in [2.45, 2.75) is 26.4 Å². The van der Waals surface area contributed by atoms with Gasteiger partial charge in [0.1, 0.15) is 12.4 Å². The normalized spacial score (nSPS) is 12.1. The molecule has 19 heavy (non-hydrogen) atoms. The van der Waals surface area contributed by atoms with Gasteiger partial charge in [0.15, 0.2) is 0 Å². The molecule has 0 N–H and O–H groups in total. The first-order chi connectivity index (χ1) is 9.15. The van der Waals surface area contributed by atoms with Crippen molar-refractivity contribution in [1.29, 1.82) is 0 Å². The second-order valence-corrected chi connectivity index (χ2v) is 4.16. The third kappa shape index (κ3) is 5.91. The molecule has 1 aromatic rings. The van der Waals surface area contributed by atoms with Crippen LogP contribution < -0.4 is 4.74 Å². The van der Waals surface area contributed by atoms with E-state index in [2.05, 4.69) is 6.58 Å². The van der Waals surface area contributed by atoms with Gasteiger partial charge in [0, 0.05) is 6.08 Å². The molecule has 0 aliphatic heterocycles. The van der Waals surface area contributed by atoms with Crippen LogP contribution in [0.5, 0.6) is 5.75 Å². The lowest BCUT2D eigenvalue weighted by Crippen LogP contribution is -2.11. The standard InChI is InChI=1S/C16H20O3/c1-4-12-18-15-9-6-14(7-10-15)8-11-16(17)19-13(3)5-2/h4,6-11,13H,1,5,12H2,2-3H3/b11-8+. The van der Waals surface area contributed by atoms with Crippen molar-refractivity contribution in [2.75, 3.05) is 6.61 Å². The Hall–Kier alpha value is -2.03. The second kappa shape index (κ2) is 8.14. The highest BCUT2D eigenvalue weighted by Gasteiger charge is 2.03. The minimum Gasteiger partial charge on any atom is -0.490 e. The monoisotopic (exact) mass is 260 g/mol. The van der Waals surface area contributed by atoms with Crippen LogP contribution in [0.15, 0.2) is 43.0 Å². The zero-order chi connectivity index (χ0) is 14.1. The lowest BCUT2D eigenvalue weighted by molar-refractivity contribution is -0.142. The third-order valence-electron chi connectivity index (χ3n) is 2.55. The van der Waals surface area contributed by atoms with Crippen molar-refractivity contribution >= 4 is 12.0 Å². The summed E-state index contributed by atoms with van der Waals surface area (Å²) in [6.07, 6.45) is 5.62. The number of benzene rings is 1. The number of ether oxygens (including phenoxy) is 2. The fourth-order valence-electron chi connectivity index (χ4n) is 1.32. The molecule has 0 aliphatic carbocycles. The molecule has 0 radical (unpaired) electrons. The maximum Gasteiger partial charge on any atom is 0.331 e. The molecule has 0 bridgehead atoms. The van der Waals surface area contributed by atoms with E-state index in [1.807, 2.05) is 38.1 Å². The van der Waals surface area contributed by atoms with E-state index in [-0.39, 0.29) is 12.1 Å². The van der Waals surface area contributed by atoms with Crippen LogP contribution in [0.3, 0.4) is 0 Å². The molecule has 102 valence electrons. The number of hydrogen-bond donors (Lipinski definition) is 0. The minimum atomic E-state index is -0.318. The van der Waals surface area contributed by atoms with Gasteiger partial charge in [-0.05, 0) is 37.1 Å². The lowest BCUT2D eigenvalue weighted by atomic mass is 10.2. The number of carbonyl (C=O) groups excluding carboxylic acids is 1. The van der Waals surface area contributed by atoms with Crippen molar-refractivity contribution < 1.29 is 14.3 Å². The molecule has 0 saturated heterocycles. The van der Waals surface area contributed by atoms with E-state index < -0.39 is 0 Å². The molecular formula is C16H20O3. The molecule has 1 rings (SSSR count). The van der Waals surface area contributed by atoms with Crippen LogP contribution in [-0.2, 0) is 9.53 Å². The first-order valence-electron chi connectivity index (χ1n) is 6.38. The van der Waals surface area contributed by atoms with Crippen LogP contribution in [-0.4, -0.2) is 18.7 Å². The van der Waals surface area contributed by atoms with Gasteiger partial charge in [-0.2, -0.15) is 0 Å². The summed E-state index contributed by atoms with van der Waals surface area (Å²) >= 11 is 0. The van der Waals surface area contributed by atoms with Gasteiger partial charge in [0.2, 0.25) is 0 Å². The Balaban J connectivity index is 2.52. The van der Waals surface area contributed by atoms with E-state index in [0.717, 1.165) is 17.7 Å².